The Morgan fingerprint density at radius 3 is 3.00 bits per heavy atom. The summed E-state index contributed by atoms with van der Waals surface area (Å²) in [5.74, 6) is -0.642. The van der Waals surface area contributed by atoms with Crippen molar-refractivity contribution in [1.82, 2.24) is 10.2 Å². The maximum absolute atomic E-state index is 11.8. The second-order valence-electron chi connectivity index (χ2n) is 4.09. The molecule has 6 heteroatoms. The van der Waals surface area contributed by atoms with Crippen molar-refractivity contribution in [3.63, 3.8) is 0 Å². The first-order valence-electron chi connectivity index (χ1n) is 5.50. The molecule has 0 radical (unpaired) electrons. The van der Waals surface area contributed by atoms with Gasteiger partial charge in [0.1, 0.15) is 5.88 Å². The minimum absolute atomic E-state index is 0.122. The summed E-state index contributed by atoms with van der Waals surface area (Å²) in [6, 6.07) is -0.220. The summed E-state index contributed by atoms with van der Waals surface area (Å²) in [5, 5.41) is 2.27. The zero-order valence-electron chi connectivity index (χ0n) is 8.95. The SMILES string of the molecule is O=C(CCl)NC(=O)N1CCOC2CCCC21. The van der Waals surface area contributed by atoms with Gasteiger partial charge in [0, 0.05) is 6.54 Å². The Labute approximate surface area is 99.1 Å². The standard InChI is InChI=1S/C10H15ClN2O3/c11-6-9(14)12-10(15)13-4-5-16-8-3-1-2-7(8)13/h7-8H,1-6H2,(H,12,14,15). The Kier molecular flexibility index (Phi) is 3.66. The van der Waals surface area contributed by atoms with Crippen LogP contribution < -0.4 is 5.32 Å². The van der Waals surface area contributed by atoms with Gasteiger partial charge in [-0.15, -0.1) is 11.6 Å². The molecule has 1 aliphatic heterocycles. The molecule has 0 aromatic rings. The van der Waals surface area contributed by atoms with Crippen molar-refractivity contribution < 1.29 is 14.3 Å². The topological polar surface area (TPSA) is 58.6 Å². The first-order valence-corrected chi connectivity index (χ1v) is 6.04. The lowest BCUT2D eigenvalue weighted by atomic mass is 10.1. The average Bonchev–Trinajstić information content (AvgIpc) is 2.76. The van der Waals surface area contributed by atoms with Gasteiger partial charge in [0.15, 0.2) is 0 Å². The zero-order chi connectivity index (χ0) is 11.5. The lowest BCUT2D eigenvalue weighted by Crippen LogP contribution is -2.55. The van der Waals surface area contributed by atoms with E-state index < -0.39 is 5.91 Å². The highest BCUT2D eigenvalue weighted by Gasteiger charge is 2.38. The number of carbonyl (C=O) groups is 2. The number of ether oxygens (including phenoxy) is 1. The van der Waals surface area contributed by atoms with Crippen molar-refractivity contribution in [2.24, 2.45) is 0 Å². The van der Waals surface area contributed by atoms with E-state index in [1.807, 2.05) is 0 Å². The smallest absolute Gasteiger partial charge is 0.324 e. The summed E-state index contributed by atoms with van der Waals surface area (Å²) >= 11 is 5.34. The molecule has 1 aliphatic carbocycles. The predicted molar refractivity (Wildman–Crippen MR) is 58.3 cm³/mol. The number of carbonyl (C=O) groups excluding carboxylic acids is 2. The Hall–Kier alpha value is -0.810. The van der Waals surface area contributed by atoms with Crippen molar-refractivity contribution in [2.75, 3.05) is 19.0 Å². The van der Waals surface area contributed by atoms with Crippen molar-refractivity contribution in [3.8, 4) is 0 Å². The second-order valence-corrected chi connectivity index (χ2v) is 4.36. The molecule has 2 aliphatic rings. The number of fused-ring (bicyclic) bond motifs is 1. The third-order valence-corrected chi connectivity index (χ3v) is 3.35. The molecule has 1 saturated heterocycles. The molecule has 2 fully saturated rings. The van der Waals surface area contributed by atoms with Gasteiger partial charge in [0.05, 0.1) is 18.8 Å². The number of halogens is 1. The van der Waals surface area contributed by atoms with Gasteiger partial charge in [-0.2, -0.15) is 0 Å². The van der Waals surface area contributed by atoms with Crippen LogP contribution >= 0.6 is 11.6 Å². The fourth-order valence-electron chi connectivity index (χ4n) is 2.40. The van der Waals surface area contributed by atoms with Crippen LogP contribution in [0.5, 0.6) is 0 Å². The first-order chi connectivity index (χ1) is 7.72. The molecule has 90 valence electrons. The number of hydrogen-bond acceptors (Lipinski definition) is 3. The lowest BCUT2D eigenvalue weighted by molar-refractivity contribution is -0.118. The number of imide groups is 1. The molecular weight excluding hydrogens is 232 g/mol. The Balaban J connectivity index is 1.96. The molecule has 2 rings (SSSR count). The fourth-order valence-corrected chi connectivity index (χ4v) is 2.47. The minimum atomic E-state index is -0.451. The van der Waals surface area contributed by atoms with Crippen LogP contribution in [0.25, 0.3) is 0 Å². The quantitative estimate of drug-likeness (QED) is 0.694. The number of nitrogens with one attached hydrogen (secondary N) is 1. The summed E-state index contributed by atoms with van der Waals surface area (Å²) in [5.41, 5.74) is 0. The van der Waals surface area contributed by atoms with Crippen LogP contribution in [-0.2, 0) is 9.53 Å². The van der Waals surface area contributed by atoms with Crippen molar-refractivity contribution >= 4 is 23.5 Å². The Morgan fingerprint density at radius 1 is 1.44 bits per heavy atom. The van der Waals surface area contributed by atoms with Gasteiger partial charge in [0.25, 0.3) is 0 Å². The van der Waals surface area contributed by atoms with Crippen LogP contribution in [0.2, 0.25) is 0 Å². The number of amides is 3. The van der Waals surface area contributed by atoms with Gasteiger partial charge in [-0.3, -0.25) is 10.1 Å². The summed E-state index contributed by atoms with van der Waals surface area (Å²) in [4.78, 5) is 24.5. The molecule has 0 aromatic heterocycles. The van der Waals surface area contributed by atoms with Crippen LogP contribution in [0.3, 0.4) is 0 Å². The van der Waals surface area contributed by atoms with Gasteiger partial charge >= 0.3 is 6.03 Å². The molecule has 0 bridgehead atoms. The van der Waals surface area contributed by atoms with E-state index in [-0.39, 0.29) is 24.1 Å². The summed E-state index contributed by atoms with van der Waals surface area (Å²) in [6.45, 7) is 1.09. The lowest BCUT2D eigenvalue weighted by Gasteiger charge is -2.37. The summed E-state index contributed by atoms with van der Waals surface area (Å²) < 4.78 is 5.58. The van der Waals surface area contributed by atoms with E-state index >= 15 is 0 Å². The van der Waals surface area contributed by atoms with E-state index in [4.69, 9.17) is 16.3 Å². The monoisotopic (exact) mass is 246 g/mol. The van der Waals surface area contributed by atoms with E-state index in [1.165, 1.54) is 0 Å². The largest absolute Gasteiger partial charge is 0.374 e. The zero-order valence-corrected chi connectivity index (χ0v) is 9.70. The van der Waals surface area contributed by atoms with Crippen LogP contribution in [0.1, 0.15) is 19.3 Å². The van der Waals surface area contributed by atoms with Crippen molar-refractivity contribution in [2.45, 2.75) is 31.4 Å². The predicted octanol–water partition coefficient (Wildman–Crippen LogP) is 0.715. The van der Waals surface area contributed by atoms with E-state index in [2.05, 4.69) is 5.32 Å². The molecule has 1 N–H and O–H groups in total. The van der Waals surface area contributed by atoms with Gasteiger partial charge in [-0.25, -0.2) is 4.79 Å². The molecule has 1 saturated carbocycles. The highest BCUT2D eigenvalue weighted by Crippen LogP contribution is 2.29. The number of alkyl halides is 1. The molecule has 5 nitrogen and oxygen atoms in total. The first kappa shape index (κ1) is 11.7. The number of hydrogen-bond donors (Lipinski definition) is 1. The van der Waals surface area contributed by atoms with Crippen LogP contribution in [-0.4, -0.2) is 48.0 Å². The van der Waals surface area contributed by atoms with Gasteiger partial charge in [-0.1, -0.05) is 0 Å². The second kappa shape index (κ2) is 5.01. The maximum Gasteiger partial charge on any atom is 0.324 e. The van der Waals surface area contributed by atoms with Gasteiger partial charge in [0.2, 0.25) is 5.91 Å². The van der Waals surface area contributed by atoms with Crippen LogP contribution in [0.4, 0.5) is 4.79 Å². The Morgan fingerprint density at radius 2 is 2.25 bits per heavy atom. The maximum atomic E-state index is 11.8. The third-order valence-electron chi connectivity index (χ3n) is 3.11. The van der Waals surface area contributed by atoms with Gasteiger partial charge < -0.3 is 9.64 Å². The molecule has 2 unspecified atom stereocenters. The number of nitrogens with zero attached hydrogens (tertiary/aromatic N) is 1. The fraction of sp³-hybridized carbons (Fsp3) is 0.800. The number of rotatable bonds is 1. The molecule has 3 amide bonds. The van der Waals surface area contributed by atoms with E-state index in [9.17, 15) is 9.59 Å². The summed E-state index contributed by atoms with van der Waals surface area (Å²) in [7, 11) is 0. The average molecular weight is 247 g/mol. The van der Waals surface area contributed by atoms with E-state index in [0.29, 0.717) is 13.2 Å². The summed E-state index contributed by atoms with van der Waals surface area (Å²) in [6.07, 6.45) is 3.17. The minimum Gasteiger partial charge on any atom is -0.374 e. The molecule has 0 aromatic carbocycles. The number of morpholine rings is 1. The highest BCUT2D eigenvalue weighted by atomic mass is 35.5. The van der Waals surface area contributed by atoms with Gasteiger partial charge in [-0.05, 0) is 19.3 Å². The van der Waals surface area contributed by atoms with Crippen LogP contribution in [0.15, 0.2) is 0 Å². The van der Waals surface area contributed by atoms with Crippen LogP contribution in [0, 0.1) is 0 Å². The highest BCUT2D eigenvalue weighted by molar-refractivity contribution is 6.28. The molecule has 0 spiro atoms. The number of urea groups is 1. The third kappa shape index (κ3) is 2.30. The molecular formula is C10H15ClN2O3. The molecule has 2 atom stereocenters. The van der Waals surface area contributed by atoms with E-state index in [0.717, 1.165) is 19.3 Å². The van der Waals surface area contributed by atoms with E-state index in [1.54, 1.807) is 4.90 Å². The molecule has 16 heavy (non-hydrogen) atoms. The normalized spacial score (nSPS) is 28.7. The molecule has 1 heterocycles. The van der Waals surface area contributed by atoms with Crippen molar-refractivity contribution in [1.29, 1.82) is 0 Å². The van der Waals surface area contributed by atoms with Crippen molar-refractivity contribution in [3.05, 3.63) is 0 Å². The Bertz CT molecular complexity index is 298.